The minimum Gasteiger partial charge on any atom is -0.399 e. The highest BCUT2D eigenvalue weighted by Crippen LogP contribution is 2.55. The molecule has 0 aromatic rings. The molecule has 0 saturated heterocycles. The average Bonchev–Trinajstić information content (AvgIpc) is 1.99. The van der Waals surface area contributed by atoms with E-state index in [1.807, 2.05) is 0 Å². The van der Waals surface area contributed by atoms with Crippen molar-refractivity contribution >= 4 is 5.71 Å². The maximum absolute atomic E-state index is 5.68. The lowest BCUT2D eigenvalue weighted by molar-refractivity contribution is -0.0679. The molecule has 0 amide bonds. The monoisotopic (exact) mass is 183 g/mol. The highest BCUT2D eigenvalue weighted by Gasteiger charge is 2.57. The van der Waals surface area contributed by atoms with Crippen molar-refractivity contribution in [2.24, 2.45) is 10.6 Å². The van der Waals surface area contributed by atoms with Crippen molar-refractivity contribution in [3.63, 3.8) is 0 Å². The maximum Gasteiger partial charge on any atom is 0.106 e. The summed E-state index contributed by atoms with van der Waals surface area (Å²) < 4.78 is 5.68. The van der Waals surface area contributed by atoms with E-state index in [9.17, 15) is 0 Å². The number of rotatable bonds is 3. The van der Waals surface area contributed by atoms with E-state index in [2.05, 4.69) is 12.1 Å². The fourth-order valence-corrected chi connectivity index (χ4v) is 2.46. The maximum atomic E-state index is 5.68. The van der Waals surface area contributed by atoms with E-state index >= 15 is 0 Å². The number of nitrogens with zero attached hydrogens (tertiary/aromatic N) is 1. The molecule has 1 atom stereocenters. The van der Waals surface area contributed by atoms with Crippen molar-refractivity contribution in [2.75, 3.05) is 13.7 Å². The van der Waals surface area contributed by atoms with Crippen LogP contribution in [0.2, 0.25) is 0 Å². The Hall–Kier alpha value is -0.570. The highest BCUT2D eigenvalue weighted by molar-refractivity contribution is 5.97. The predicted octanol–water partition coefficient (Wildman–Crippen LogP) is 1.97. The first-order valence-corrected chi connectivity index (χ1v) is 5.05. The Kier molecular flexibility index (Phi) is 2.28. The minimum atomic E-state index is 0.284. The predicted molar refractivity (Wildman–Crippen MR) is 50.8 cm³/mol. The molecule has 0 bridgehead atoms. The molecule has 0 N–H and O–H groups in total. The largest absolute Gasteiger partial charge is 0.399 e. The van der Waals surface area contributed by atoms with Crippen LogP contribution in [0.1, 0.15) is 32.6 Å². The number of ether oxygens (including phenoxy) is 1. The van der Waals surface area contributed by atoms with Crippen molar-refractivity contribution in [1.29, 1.82) is 0 Å². The van der Waals surface area contributed by atoms with Gasteiger partial charge in [-0.25, -0.2) is 0 Å². The van der Waals surface area contributed by atoms with Gasteiger partial charge in [-0.3, -0.25) is 0 Å². The van der Waals surface area contributed by atoms with Gasteiger partial charge in [0.1, 0.15) is 7.11 Å². The van der Waals surface area contributed by atoms with Crippen LogP contribution in [0.3, 0.4) is 0 Å². The Labute approximate surface area is 79.1 Å². The van der Waals surface area contributed by atoms with Crippen LogP contribution in [0.25, 0.3) is 0 Å². The molecule has 0 aromatic carbocycles. The number of oxime groups is 1. The third kappa shape index (κ3) is 1.17. The molecule has 0 aromatic heterocycles. The molecule has 2 saturated carbocycles. The molecule has 0 radical (unpaired) electrons. The van der Waals surface area contributed by atoms with E-state index in [1.165, 1.54) is 25.0 Å². The summed E-state index contributed by atoms with van der Waals surface area (Å²) in [5, 5.41) is 4.07. The van der Waals surface area contributed by atoms with E-state index in [4.69, 9.17) is 9.57 Å². The summed E-state index contributed by atoms with van der Waals surface area (Å²) >= 11 is 0. The van der Waals surface area contributed by atoms with Gasteiger partial charge in [0.15, 0.2) is 0 Å². The lowest BCUT2D eigenvalue weighted by atomic mass is 9.53. The summed E-state index contributed by atoms with van der Waals surface area (Å²) in [5.41, 5.74) is 1.51. The third-order valence-electron chi connectivity index (χ3n) is 3.38. The van der Waals surface area contributed by atoms with Crippen LogP contribution in [0, 0.1) is 5.41 Å². The van der Waals surface area contributed by atoms with Gasteiger partial charge in [-0.15, -0.1) is 0 Å². The smallest absolute Gasteiger partial charge is 0.106 e. The first kappa shape index (κ1) is 9.00. The Morgan fingerprint density at radius 3 is 2.77 bits per heavy atom. The van der Waals surface area contributed by atoms with Crippen molar-refractivity contribution in [3.05, 3.63) is 0 Å². The van der Waals surface area contributed by atoms with Gasteiger partial charge in [-0.2, -0.15) is 0 Å². The van der Waals surface area contributed by atoms with Gasteiger partial charge < -0.3 is 9.57 Å². The van der Waals surface area contributed by atoms with Gasteiger partial charge >= 0.3 is 0 Å². The van der Waals surface area contributed by atoms with E-state index in [-0.39, 0.29) is 5.41 Å². The molecule has 1 spiro atoms. The van der Waals surface area contributed by atoms with Gasteiger partial charge in [0.05, 0.1) is 11.8 Å². The second-order valence-electron chi connectivity index (χ2n) is 3.88. The van der Waals surface area contributed by atoms with Crippen LogP contribution in [0.5, 0.6) is 0 Å². The quantitative estimate of drug-likeness (QED) is 0.626. The van der Waals surface area contributed by atoms with Crippen LogP contribution < -0.4 is 0 Å². The van der Waals surface area contributed by atoms with Crippen LogP contribution in [0.15, 0.2) is 5.16 Å². The van der Waals surface area contributed by atoms with E-state index in [0.717, 1.165) is 13.0 Å². The summed E-state index contributed by atoms with van der Waals surface area (Å²) in [7, 11) is 1.62. The average molecular weight is 183 g/mol. The molecule has 2 fully saturated rings. The Balaban J connectivity index is 2.02. The summed E-state index contributed by atoms with van der Waals surface area (Å²) in [6.07, 6.45) is 5.17. The zero-order chi connectivity index (χ0) is 9.31. The van der Waals surface area contributed by atoms with Gasteiger partial charge in [-0.05, 0) is 19.8 Å². The molecule has 0 heterocycles. The standard InChI is InChI=1S/C10H17NO2/c1-3-13-9-7-8(11-12-2)10(9)5-4-6-10/h9H,3-7H2,1-2H3/b11-8-. The summed E-state index contributed by atoms with van der Waals surface area (Å²) in [6.45, 7) is 2.87. The van der Waals surface area contributed by atoms with Crippen LogP contribution in [0.4, 0.5) is 0 Å². The van der Waals surface area contributed by atoms with Crippen LogP contribution in [-0.4, -0.2) is 25.5 Å². The van der Waals surface area contributed by atoms with Gasteiger partial charge in [0.25, 0.3) is 0 Å². The zero-order valence-electron chi connectivity index (χ0n) is 8.38. The normalized spacial score (nSPS) is 32.8. The molecule has 2 rings (SSSR count). The van der Waals surface area contributed by atoms with Crippen molar-refractivity contribution in [3.8, 4) is 0 Å². The summed E-state index contributed by atoms with van der Waals surface area (Å²) in [5.74, 6) is 0. The van der Waals surface area contributed by atoms with Gasteiger partial charge in [0, 0.05) is 18.4 Å². The fraction of sp³-hybridized carbons (Fsp3) is 0.900. The Morgan fingerprint density at radius 2 is 2.31 bits per heavy atom. The van der Waals surface area contributed by atoms with Crippen molar-refractivity contribution in [2.45, 2.75) is 38.7 Å². The van der Waals surface area contributed by atoms with Gasteiger partial charge in [-0.1, -0.05) is 11.6 Å². The number of hydrogen-bond donors (Lipinski definition) is 0. The minimum absolute atomic E-state index is 0.284. The van der Waals surface area contributed by atoms with E-state index < -0.39 is 0 Å². The number of hydrogen-bond acceptors (Lipinski definition) is 3. The summed E-state index contributed by atoms with van der Waals surface area (Å²) in [4.78, 5) is 4.84. The molecule has 2 aliphatic rings. The Morgan fingerprint density at radius 1 is 1.54 bits per heavy atom. The van der Waals surface area contributed by atoms with Crippen LogP contribution >= 0.6 is 0 Å². The molecule has 74 valence electrons. The molecule has 0 aliphatic heterocycles. The molecule has 1 unspecified atom stereocenters. The third-order valence-corrected chi connectivity index (χ3v) is 3.38. The SMILES string of the molecule is CCOC1C/C(=N/OC)C12CCC2. The van der Waals surface area contributed by atoms with E-state index in [0.29, 0.717) is 6.10 Å². The fourth-order valence-electron chi connectivity index (χ4n) is 2.46. The zero-order valence-corrected chi connectivity index (χ0v) is 8.38. The first-order chi connectivity index (χ1) is 6.33. The van der Waals surface area contributed by atoms with Crippen molar-refractivity contribution < 1.29 is 9.57 Å². The summed E-state index contributed by atoms with van der Waals surface area (Å²) in [6, 6.07) is 0. The second kappa shape index (κ2) is 3.29. The lowest BCUT2D eigenvalue weighted by Gasteiger charge is -2.55. The molecule has 3 heteroatoms. The topological polar surface area (TPSA) is 30.8 Å². The Bertz CT molecular complexity index is 221. The molecular formula is C10H17NO2. The molecule has 3 nitrogen and oxygen atoms in total. The highest BCUT2D eigenvalue weighted by atomic mass is 16.6. The van der Waals surface area contributed by atoms with Crippen molar-refractivity contribution in [1.82, 2.24) is 0 Å². The molecular weight excluding hydrogens is 166 g/mol. The van der Waals surface area contributed by atoms with E-state index in [1.54, 1.807) is 7.11 Å². The first-order valence-electron chi connectivity index (χ1n) is 5.05. The van der Waals surface area contributed by atoms with Crippen LogP contribution in [-0.2, 0) is 9.57 Å². The van der Waals surface area contributed by atoms with Gasteiger partial charge in [0.2, 0.25) is 0 Å². The lowest BCUT2D eigenvalue weighted by Crippen LogP contribution is -2.59. The molecule has 2 aliphatic carbocycles. The second-order valence-corrected chi connectivity index (χ2v) is 3.88. The molecule has 13 heavy (non-hydrogen) atoms.